The van der Waals surface area contributed by atoms with E-state index >= 15 is 0 Å². The minimum atomic E-state index is -3.62. The molecule has 3 N–H and O–H groups in total. The molecule has 0 saturated carbocycles. The van der Waals surface area contributed by atoms with Crippen LogP contribution in [0.4, 0.5) is 0 Å². The Kier molecular flexibility index (Phi) is 5.07. The van der Waals surface area contributed by atoms with Crippen LogP contribution in [0.2, 0.25) is 0 Å². The number of hydrogen-bond acceptors (Lipinski definition) is 5. The van der Waals surface area contributed by atoms with Crippen molar-refractivity contribution in [2.75, 3.05) is 19.3 Å². The first kappa shape index (κ1) is 16.1. The summed E-state index contributed by atoms with van der Waals surface area (Å²) in [6.45, 7) is 3.56. The van der Waals surface area contributed by atoms with Crippen LogP contribution in [-0.4, -0.2) is 46.4 Å². The quantitative estimate of drug-likeness (QED) is 0.572. The minimum absolute atomic E-state index is 0.142. The lowest BCUT2D eigenvalue weighted by Gasteiger charge is -2.07. The topological polar surface area (TPSA) is 121 Å². The zero-order valence-corrected chi connectivity index (χ0v) is 12.7. The molecule has 0 aromatic carbocycles. The van der Waals surface area contributed by atoms with Crippen molar-refractivity contribution in [3.63, 3.8) is 0 Å². The van der Waals surface area contributed by atoms with E-state index in [9.17, 15) is 16.8 Å². The van der Waals surface area contributed by atoms with Gasteiger partial charge in [0.05, 0.1) is 17.6 Å². The summed E-state index contributed by atoms with van der Waals surface area (Å²) in [4.78, 5) is 0.142. The molecule has 19 heavy (non-hydrogen) atoms. The largest absolute Gasteiger partial charge is 0.281 e. The zero-order valence-electron chi connectivity index (χ0n) is 11.0. The van der Waals surface area contributed by atoms with Gasteiger partial charge in [-0.3, -0.25) is 5.10 Å². The molecule has 0 saturated heterocycles. The highest BCUT2D eigenvalue weighted by atomic mass is 32.2. The fourth-order valence-electron chi connectivity index (χ4n) is 1.56. The molecule has 0 aliphatic heterocycles. The first-order valence-electron chi connectivity index (χ1n) is 5.59. The number of aromatic amines is 1. The number of hydrogen-bond donors (Lipinski definition) is 3. The maximum absolute atomic E-state index is 12.0. The molecule has 1 aromatic heterocycles. The van der Waals surface area contributed by atoms with Crippen LogP contribution < -0.4 is 9.44 Å². The third-order valence-corrected chi connectivity index (χ3v) is 4.79. The van der Waals surface area contributed by atoms with Crippen molar-refractivity contribution in [3.8, 4) is 0 Å². The molecule has 0 aliphatic carbocycles. The van der Waals surface area contributed by atoms with Crippen molar-refractivity contribution >= 4 is 20.0 Å². The molecule has 0 radical (unpaired) electrons. The second-order valence-electron chi connectivity index (χ2n) is 4.18. The van der Waals surface area contributed by atoms with Crippen LogP contribution in [0.1, 0.15) is 17.8 Å². The van der Waals surface area contributed by atoms with Crippen LogP contribution >= 0.6 is 0 Å². The Bertz CT molecular complexity index is 614. The van der Waals surface area contributed by atoms with Crippen molar-refractivity contribution < 1.29 is 16.8 Å². The third-order valence-electron chi connectivity index (χ3n) is 2.34. The molecule has 0 fully saturated rings. The standard InChI is InChI=1S/C9H18N4O4S2/c1-7-9(8(2)13-12-7)19(16,17)11-6-4-5-10-18(3,14)15/h10-11H,4-6H2,1-3H3,(H,12,13). The van der Waals surface area contributed by atoms with Crippen molar-refractivity contribution in [2.24, 2.45) is 0 Å². The maximum Gasteiger partial charge on any atom is 0.244 e. The van der Waals surface area contributed by atoms with Gasteiger partial charge in [0.25, 0.3) is 0 Å². The molecule has 0 bridgehead atoms. The van der Waals surface area contributed by atoms with Crippen molar-refractivity contribution in [2.45, 2.75) is 25.2 Å². The molecule has 0 unspecified atom stereocenters. The molecule has 1 aromatic rings. The first-order chi connectivity index (χ1) is 8.63. The van der Waals surface area contributed by atoms with Gasteiger partial charge in [0.1, 0.15) is 4.90 Å². The number of sulfonamides is 2. The van der Waals surface area contributed by atoms with Crippen LogP contribution in [0.15, 0.2) is 4.90 Å². The van der Waals surface area contributed by atoms with E-state index < -0.39 is 20.0 Å². The van der Waals surface area contributed by atoms with Gasteiger partial charge in [-0.25, -0.2) is 26.3 Å². The zero-order chi connectivity index (χ0) is 14.7. The predicted octanol–water partition coefficient (Wildman–Crippen LogP) is -0.756. The molecule has 0 amide bonds. The van der Waals surface area contributed by atoms with Gasteiger partial charge in [0.15, 0.2) is 0 Å². The Labute approximate surface area is 113 Å². The summed E-state index contributed by atoms with van der Waals surface area (Å²) in [7, 11) is -6.85. The Hall–Kier alpha value is -0.970. The van der Waals surface area contributed by atoms with Gasteiger partial charge in [-0.05, 0) is 20.3 Å². The molecule has 1 rings (SSSR count). The predicted molar refractivity (Wildman–Crippen MR) is 70.7 cm³/mol. The van der Waals surface area contributed by atoms with Crippen molar-refractivity contribution in [1.82, 2.24) is 19.6 Å². The van der Waals surface area contributed by atoms with Crippen LogP contribution in [0, 0.1) is 13.8 Å². The van der Waals surface area contributed by atoms with E-state index in [1.807, 2.05) is 0 Å². The van der Waals surface area contributed by atoms with Gasteiger partial charge in [-0.2, -0.15) is 5.10 Å². The number of aromatic nitrogens is 2. The minimum Gasteiger partial charge on any atom is -0.281 e. The number of aryl methyl sites for hydroxylation is 2. The summed E-state index contributed by atoms with van der Waals surface area (Å²) in [6.07, 6.45) is 1.41. The second-order valence-corrected chi connectivity index (χ2v) is 7.72. The van der Waals surface area contributed by atoms with E-state index in [-0.39, 0.29) is 18.0 Å². The second kappa shape index (κ2) is 5.99. The van der Waals surface area contributed by atoms with Gasteiger partial charge in [0.2, 0.25) is 20.0 Å². The normalized spacial score (nSPS) is 12.8. The van der Waals surface area contributed by atoms with Crippen molar-refractivity contribution in [1.29, 1.82) is 0 Å². The molecular formula is C9H18N4O4S2. The molecule has 10 heteroatoms. The Morgan fingerprint density at radius 1 is 1.11 bits per heavy atom. The number of nitrogens with zero attached hydrogens (tertiary/aromatic N) is 1. The van der Waals surface area contributed by atoms with Gasteiger partial charge in [0, 0.05) is 13.1 Å². The monoisotopic (exact) mass is 310 g/mol. The first-order valence-corrected chi connectivity index (χ1v) is 8.97. The molecular weight excluding hydrogens is 292 g/mol. The number of nitrogens with one attached hydrogen (secondary N) is 3. The van der Waals surface area contributed by atoms with Crippen LogP contribution in [-0.2, 0) is 20.0 Å². The van der Waals surface area contributed by atoms with Crippen molar-refractivity contribution in [3.05, 3.63) is 11.4 Å². The average Bonchev–Trinajstić information content (AvgIpc) is 2.56. The Morgan fingerprint density at radius 3 is 2.16 bits per heavy atom. The van der Waals surface area contributed by atoms with Gasteiger partial charge >= 0.3 is 0 Å². The summed E-state index contributed by atoms with van der Waals surface area (Å²) in [5.41, 5.74) is 0.874. The highest BCUT2D eigenvalue weighted by Crippen LogP contribution is 2.15. The molecule has 0 spiro atoms. The SMILES string of the molecule is Cc1n[nH]c(C)c1S(=O)(=O)NCCCNS(C)(=O)=O. The van der Waals surface area contributed by atoms with E-state index in [1.54, 1.807) is 13.8 Å². The Morgan fingerprint density at radius 2 is 1.68 bits per heavy atom. The Balaban J connectivity index is 2.54. The van der Waals surface area contributed by atoms with E-state index in [4.69, 9.17) is 0 Å². The van der Waals surface area contributed by atoms with Crippen LogP contribution in [0.25, 0.3) is 0 Å². The van der Waals surface area contributed by atoms with E-state index in [0.29, 0.717) is 17.8 Å². The summed E-state index contributed by atoms with van der Waals surface area (Å²) in [5, 5.41) is 6.43. The fraction of sp³-hybridized carbons (Fsp3) is 0.667. The summed E-state index contributed by atoms with van der Waals surface area (Å²) < 4.78 is 50.3. The fourth-order valence-corrected chi connectivity index (χ4v) is 3.52. The lowest BCUT2D eigenvalue weighted by atomic mass is 10.4. The average molecular weight is 310 g/mol. The van der Waals surface area contributed by atoms with Crippen LogP contribution in [0.3, 0.4) is 0 Å². The summed E-state index contributed by atoms with van der Waals surface area (Å²) in [6, 6.07) is 0. The highest BCUT2D eigenvalue weighted by Gasteiger charge is 2.21. The number of H-pyrrole nitrogens is 1. The molecule has 0 atom stereocenters. The highest BCUT2D eigenvalue weighted by molar-refractivity contribution is 7.89. The maximum atomic E-state index is 12.0. The lowest BCUT2D eigenvalue weighted by Crippen LogP contribution is -2.29. The summed E-state index contributed by atoms with van der Waals surface area (Å²) >= 11 is 0. The molecule has 8 nitrogen and oxygen atoms in total. The number of rotatable bonds is 7. The third kappa shape index (κ3) is 4.90. The molecule has 1 heterocycles. The van der Waals surface area contributed by atoms with E-state index in [0.717, 1.165) is 6.26 Å². The molecule has 0 aliphatic rings. The van der Waals surface area contributed by atoms with Gasteiger partial charge in [-0.1, -0.05) is 0 Å². The van der Waals surface area contributed by atoms with Gasteiger partial charge in [-0.15, -0.1) is 0 Å². The molecule has 110 valence electrons. The smallest absolute Gasteiger partial charge is 0.244 e. The van der Waals surface area contributed by atoms with Crippen LogP contribution in [0.5, 0.6) is 0 Å². The van der Waals surface area contributed by atoms with E-state index in [2.05, 4.69) is 19.6 Å². The van der Waals surface area contributed by atoms with Gasteiger partial charge < -0.3 is 0 Å². The lowest BCUT2D eigenvalue weighted by molar-refractivity contribution is 0.574. The summed E-state index contributed by atoms with van der Waals surface area (Å²) in [5.74, 6) is 0. The van der Waals surface area contributed by atoms with E-state index in [1.165, 1.54) is 0 Å².